The molecule has 1 N–H and O–H groups in total. The largest absolute Gasteiger partial charge is 0.331 e. The van der Waals surface area contributed by atoms with Gasteiger partial charge in [-0.15, -0.1) is 23.1 Å². The fourth-order valence-corrected chi connectivity index (χ4v) is 5.38. The van der Waals surface area contributed by atoms with E-state index in [1.165, 1.54) is 25.1 Å². The molecule has 0 spiro atoms. The van der Waals surface area contributed by atoms with Crippen molar-refractivity contribution in [3.05, 3.63) is 59.1 Å². The SMILES string of the molecule is Cc1ccccc1SCC(=O)N1CC[NH+](Cc2nc3ccccc3s2)CC1. The number of hydrogen-bond acceptors (Lipinski definition) is 4. The van der Waals surface area contributed by atoms with E-state index in [-0.39, 0.29) is 5.91 Å². The predicted octanol–water partition coefficient (Wildman–Crippen LogP) is 2.62. The van der Waals surface area contributed by atoms with E-state index in [0.717, 1.165) is 38.2 Å². The molecule has 0 saturated carbocycles. The third kappa shape index (κ3) is 4.51. The van der Waals surface area contributed by atoms with E-state index in [1.54, 1.807) is 23.1 Å². The van der Waals surface area contributed by atoms with E-state index in [1.807, 2.05) is 23.1 Å². The molecule has 2 aromatic carbocycles. The Balaban J connectivity index is 1.27. The van der Waals surface area contributed by atoms with Gasteiger partial charge in [0.25, 0.3) is 0 Å². The molecular formula is C21H24N3OS2+. The summed E-state index contributed by atoms with van der Waals surface area (Å²) in [4.78, 5) is 22.0. The molecule has 0 bridgehead atoms. The minimum absolute atomic E-state index is 0.252. The molecule has 1 aliphatic heterocycles. The van der Waals surface area contributed by atoms with Crippen LogP contribution < -0.4 is 4.90 Å². The van der Waals surface area contributed by atoms with E-state index < -0.39 is 0 Å². The Morgan fingerprint density at radius 2 is 1.89 bits per heavy atom. The number of rotatable bonds is 5. The monoisotopic (exact) mass is 398 g/mol. The van der Waals surface area contributed by atoms with Crippen molar-refractivity contribution in [2.24, 2.45) is 0 Å². The highest BCUT2D eigenvalue weighted by Crippen LogP contribution is 2.22. The highest BCUT2D eigenvalue weighted by molar-refractivity contribution is 8.00. The number of thiazole rings is 1. The molecule has 3 aromatic rings. The molecule has 27 heavy (non-hydrogen) atoms. The number of thioether (sulfide) groups is 1. The molecule has 1 amide bonds. The van der Waals surface area contributed by atoms with Gasteiger partial charge >= 0.3 is 0 Å². The average molecular weight is 399 g/mol. The fraction of sp³-hybridized carbons (Fsp3) is 0.333. The molecule has 1 aromatic heterocycles. The minimum Gasteiger partial charge on any atom is -0.331 e. The number of aromatic nitrogens is 1. The summed E-state index contributed by atoms with van der Waals surface area (Å²) in [5, 5.41) is 1.20. The Hall–Kier alpha value is -1.89. The first kappa shape index (κ1) is 18.5. The van der Waals surface area contributed by atoms with Gasteiger partial charge in [0.2, 0.25) is 5.91 Å². The van der Waals surface area contributed by atoms with Gasteiger partial charge in [-0.25, -0.2) is 4.98 Å². The number of amides is 1. The summed E-state index contributed by atoms with van der Waals surface area (Å²) in [5.41, 5.74) is 2.33. The van der Waals surface area contributed by atoms with Crippen molar-refractivity contribution >= 4 is 39.2 Å². The summed E-state index contributed by atoms with van der Waals surface area (Å²) in [5.74, 6) is 0.778. The van der Waals surface area contributed by atoms with E-state index >= 15 is 0 Å². The standard InChI is InChI=1S/C21H23N3OS2/c1-16-6-2-4-8-18(16)26-15-21(25)24-12-10-23(11-13-24)14-20-22-17-7-3-5-9-19(17)27-20/h2-9H,10-15H2,1H3/p+1. The third-order valence-corrected chi connectivity index (χ3v) is 7.20. The predicted molar refractivity (Wildman–Crippen MR) is 113 cm³/mol. The van der Waals surface area contributed by atoms with Crippen LogP contribution in [0.15, 0.2) is 53.4 Å². The van der Waals surface area contributed by atoms with Gasteiger partial charge in [0.1, 0.15) is 11.6 Å². The van der Waals surface area contributed by atoms with Crippen LogP contribution in [0.3, 0.4) is 0 Å². The Kier molecular flexibility index (Phi) is 5.76. The second-order valence-corrected chi connectivity index (χ2v) is 9.07. The van der Waals surface area contributed by atoms with Gasteiger partial charge in [-0.05, 0) is 30.7 Å². The molecule has 140 valence electrons. The van der Waals surface area contributed by atoms with Gasteiger partial charge in [0, 0.05) is 4.90 Å². The number of nitrogens with zero attached hydrogens (tertiary/aromatic N) is 2. The Labute approximate surface area is 168 Å². The molecular weight excluding hydrogens is 374 g/mol. The summed E-state index contributed by atoms with van der Waals surface area (Å²) in [6.07, 6.45) is 0. The maximum Gasteiger partial charge on any atom is 0.233 e. The molecule has 4 rings (SSSR count). The molecule has 2 heterocycles. The van der Waals surface area contributed by atoms with E-state index in [0.29, 0.717) is 5.75 Å². The van der Waals surface area contributed by atoms with E-state index in [2.05, 4.69) is 37.3 Å². The third-order valence-electron chi connectivity index (χ3n) is 5.01. The second kappa shape index (κ2) is 8.42. The van der Waals surface area contributed by atoms with Crippen LogP contribution in [0.25, 0.3) is 10.2 Å². The molecule has 4 nitrogen and oxygen atoms in total. The van der Waals surface area contributed by atoms with Gasteiger partial charge in [0.15, 0.2) is 0 Å². The Bertz CT molecular complexity index is 899. The zero-order valence-electron chi connectivity index (χ0n) is 15.5. The second-order valence-electron chi connectivity index (χ2n) is 6.94. The smallest absolute Gasteiger partial charge is 0.233 e. The highest BCUT2D eigenvalue weighted by atomic mass is 32.2. The van der Waals surface area contributed by atoms with Crippen molar-refractivity contribution in [2.45, 2.75) is 18.4 Å². The van der Waals surface area contributed by atoms with Crippen LogP contribution in [0.1, 0.15) is 10.6 Å². The molecule has 0 aliphatic carbocycles. The number of piperazine rings is 1. The fourth-order valence-electron chi connectivity index (χ4n) is 3.41. The molecule has 0 radical (unpaired) electrons. The summed E-state index contributed by atoms with van der Waals surface area (Å²) in [6, 6.07) is 16.6. The van der Waals surface area contributed by atoms with Crippen molar-refractivity contribution in [1.29, 1.82) is 0 Å². The molecule has 0 atom stereocenters. The van der Waals surface area contributed by atoms with Crippen LogP contribution in [-0.2, 0) is 11.3 Å². The van der Waals surface area contributed by atoms with Crippen LogP contribution >= 0.6 is 23.1 Å². The summed E-state index contributed by atoms with van der Waals surface area (Å²) < 4.78 is 1.26. The zero-order valence-corrected chi connectivity index (χ0v) is 17.1. The van der Waals surface area contributed by atoms with Gasteiger partial charge < -0.3 is 9.80 Å². The number of hydrogen-bond donors (Lipinski definition) is 1. The lowest BCUT2D eigenvalue weighted by molar-refractivity contribution is -0.917. The van der Waals surface area contributed by atoms with E-state index in [9.17, 15) is 4.79 Å². The minimum atomic E-state index is 0.252. The van der Waals surface area contributed by atoms with Crippen LogP contribution in [0.4, 0.5) is 0 Å². The number of carbonyl (C=O) groups excluding carboxylic acids is 1. The first-order chi connectivity index (χ1) is 13.2. The van der Waals surface area contributed by atoms with Crippen molar-refractivity contribution in [1.82, 2.24) is 9.88 Å². The highest BCUT2D eigenvalue weighted by Gasteiger charge is 2.24. The summed E-state index contributed by atoms with van der Waals surface area (Å²) in [7, 11) is 0. The number of fused-ring (bicyclic) bond motifs is 1. The number of aryl methyl sites for hydroxylation is 1. The van der Waals surface area contributed by atoms with Gasteiger partial charge in [-0.3, -0.25) is 4.79 Å². The van der Waals surface area contributed by atoms with Crippen molar-refractivity contribution in [3.8, 4) is 0 Å². The van der Waals surface area contributed by atoms with Gasteiger partial charge in [-0.2, -0.15) is 0 Å². The lowest BCUT2D eigenvalue weighted by Gasteiger charge is -2.31. The number of benzene rings is 2. The first-order valence-corrected chi connectivity index (χ1v) is 11.1. The Morgan fingerprint density at radius 3 is 2.67 bits per heavy atom. The summed E-state index contributed by atoms with van der Waals surface area (Å²) in [6.45, 7) is 6.73. The zero-order chi connectivity index (χ0) is 18.6. The molecule has 1 aliphatic rings. The van der Waals surface area contributed by atoms with Crippen molar-refractivity contribution in [3.63, 3.8) is 0 Å². The number of nitrogens with one attached hydrogen (secondary N) is 1. The Morgan fingerprint density at radius 1 is 1.15 bits per heavy atom. The number of quaternary nitrogens is 1. The molecule has 1 saturated heterocycles. The van der Waals surface area contributed by atoms with E-state index in [4.69, 9.17) is 4.98 Å². The van der Waals surface area contributed by atoms with Gasteiger partial charge in [0.05, 0.1) is 42.1 Å². The number of para-hydroxylation sites is 1. The first-order valence-electron chi connectivity index (χ1n) is 9.33. The van der Waals surface area contributed by atoms with Crippen molar-refractivity contribution < 1.29 is 9.69 Å². The van der Waals surface area contributed by atoms with Gasteiger partial charge in [-0.1, -0.05) is 30.3 Å². The van der Waals surface area contributed by atoms with Crippen LogP contribution in [0.2, 0.25) is 0 Å². The van der Waals surface area contributed by atoms with Crippen LogP contribution in [0, 0.1) is 6.92 Å². The van der Waals surface area contributed by atoms with Crippen molar-refractivity contribution in [2.75, 3.05) is 31.9 Å². The quantitative estimate of drug-likeness (QED) is 0.672. The molecule has 1 fully saturated rings. The number of carbonyl (C=O) groups is 1. The lowest BCUT2D eigenvalue weighted by Crippen LogP contribution is -3.13. The van der Waals surface area contributed by atoms with Crippen LogP contribution in [0.5, 0.6) is 0 Å². The topological polar surface area (TPSA) is 37.6 Å². The lowest BCUT2D eigenvalue weighted by atomic mass is 10.2. The molecule has 6 heteroatoms. The normalized spacial score (nSPS) is 15.4. The van der Waals surface area contributed by atoms with Crippen LogP contribution in [-0.4, -0.2) is 47.7 Å². The summed E-state index contributed by atoms with van der Waals surface area (Å²) >= 11 is 3.44. The maximum atomic E-state index is 12.6. The average Bonchev–Trinajstić information content (AvgIpc) is 3.10. The maximum absolute atomic E-state index is 12.6. The molecule has 0 unspecified atom stereocenters.